The highest BCUT2D eigenvalue weighted by Gasteiger charge is 2.26. The summed E-state index contributed by atoms with van der Waals surface area (Å²) in [4.78, 5) is 3.36. The minimum atomic E-state index is -0.608. The first kappa shape index (κ1) is 15.7. The summed E-state index contributed by atoms with van der Waals surface area (Å²) in [7, 11) is 0. The second kappa shape index (κ2) is 6.58. The Kier molecular flexibility index (Phi) is 4.12. The van der Waals surface area contributed by atoms with E-state index in [0.29, 0.717) is 0 Å². The van der Waals surface area contributed by atoms with Crippen molar-refractivity contribution in [3.05, 3.63) is 107 Å². The van der Waals surface area contributed by atoms with Gasteiger partial charge in [-0.1, -0.05) is 72.3 Å². The average Bonchev–Trinajstić information content (AvgIpc) is 3.06. The second-order valence-corrected chi connectivity index (χ2v) is 6.54. The Hall–Kier alpha value is -2.84. The molecule has 0 radical (unpaired) electrons. The number of rotatable bonds is 4. The van der Waals surface area contributed by atoms with Crippen LogP contribution in [0.4, 0.5) is 0 Å². The first-order chi connectivity index (χ1) is 12.2. The standard InChI is InChI=1S/C23H21NO/c1-16-12-13-21-19(14-16)20(15-24-21)22(17-8-4-2-5-9-17)23(25)18-10-6-3-7-11-18/h2-15,22-25H,1H3/t22-,23+/m0/s1. The van der Waals surface area contributed by atoms with Gasteiger partial charge in [-0.05, 0) is 35.7 Å². The molecule has 2 heteroatoms. The van der Waals surface area contributed by atoms with Gasteiger partial charge in [-0.2, -0.15) is 0 Å². The SMILES string of the molecule is Cc1ccc2[nH]cc([C@H](c3ccccc3)[C@H](O)c3ccccc3)c2c1. The maximum atomic E-state index is 11.2. The fourth-order valence-electron chi connectivity index (χ4n) is 3.55. The molecule has 1 aromatic heterocycles. The maximum absolute atomic E-state index is 11.2. The molecule has 2 nitrogen and oxygen atoms in total. The van der Waals surface area contributed by atoms with Crippen LogP contribution in [0.2, 0.25) is 0 Å². The van der Waals surface area contributed by atoms with Crippen LogP contribution in [0.1, 0.15) is 34.3 Å². The number of aromatic nitrogens is 1. The van der Waals surface area contributed by atoms with E-state index in [4.69, 9.17) is 0 Å². The normalized spacial score (nSPS) is 13.7. The average molecular weight is 327 g/mol. The Balaban J connectivity index is 1.90. The van der Waals surface area contributed by atoms with E-state index in [1.54, 1.807) is 0 Å². The van der Waals surface area contributed by atoms with Gasteiger partial charge in [0.15, 0.2) is 0 Å². The smallest absolute Gasteiger partial charge is 0.0899 e. The lowest BCUT2D eigenvalue weighted by Gasteiger charge is -2.24. The quantitative estimate of drug-likeness (QED) is 0.521. The number of fused-ring (bicyclic) bond motifs is 1. The topological polar surface area (TPSA) is 36.0 Å². The number of benzene rings is 3. The van der Waals surface area contributed by atoms with Crippen molar-refractivity contribution in [2.24, 2.45) is 0 Å². The Morgan fingerprint density at radius 3 is 2.12 bits per heavy atom. The van der Waals surface area contributed by atoms with Crippen molar-refractivity contribution in [2.75, 3.05) is 0 Å². The van der Waals surface area contributed by atoms with Crippen molar-refractivity contribution in [3.63, 3.8) is 0 Å². The van der Waals surface area contributed by atoms with Gasteiger partial charge >= 0.3 is 0 Å². The summed E-state index contributed by atoms with van der Waals surface area (Å²) in [5, 5.41) is 12.4. The summed E-state index contributed by atoms with van der Waals surface area (Å²) in [6.07, 6.45) is 1.43. The Morgan fingerprint density at radius 2 is 1.44 bits per heavy atom. The molecule has 0 amide bonds. The van der Waals surface area contributed by atoms with Crippen LogP contribution < -0.4 is 0 Å². The molecule has 0 fully saturated rings. The molecule has 0 saturated carbocycles. The number of aromatic amines is 1. The lowest BCUT2D eigenvalue weighted by molar-refractivity contribution is 0.159. The summed E-state index contributed by atoms with van der Waals surface area (Å²) < 4.78 is 0. The molecule has 2 atom stereocenters. The lowest BCUT2D eigenvalue weighted by atomic mass is 9.83. The number of hydrogen-bond acceptors (Lipinski definition) is 1. The summed E-state index contributed by atoms with van der Waals surface area (Å²) in [6.45, 7) is 2.10. The van der Waals surface area contributed by atoms with Gasteiger partial charge in [0, 0.05) is 23.0 Å². The van der Waals surface area contributed by atoms with Crippen molar-refractivity contribution in [1.82, 2.24) is 4.98 Å². The molecule has 4 aromatic rings. The van der Waals surface area contributed by atoms with Crippen molar-refractivity contribution < 1.29 is 5.11 Å². The minimum Gasteiger partial charge on any atom is -0.387 e. The van der Waals surface area contributed by atoms with E-state index in [1.807, 2.05) is 54.7 Å². The van der Waals surface area contributed by atoms with E-state index in [1.165, 1.54) is 10.9 Å². The molecule has 0 bridgehead atoms. The van der Waals surface area contributed by atoms with E-state index in [9.17, 15) is 5.11 Å². The van der Waals surface area contributed by atoms with E-state index in [-0.39, 0.29) is 5.92 Å². The molecule has 0 aliphatic carbocycles. The van der Waals surface area contributed by atoms with Crippen LogP contribution >= 0.6 is 0 Å². The molecule has 1 heterocycles. The number of hydrogen-bond donors (Lipinski definition) is 2. The van der Waals surface area contributed by atoms with Gasteiger partial charge in [-0.25, -0.2) is 0 Å². The fraction of sp³-hybridized carbons (Fsp3) is 0.130. The zero-order chi connectivity index (χ0) is 17.2. The van der Waals surface area contributed by atoms with E-state index >= 15 is 0 Å². The third-order valence-corrected chi connectivity index (χ3v) is 4.82. The number of nitrogens with one attached hydrogen (secondary N) is 1. The van der Waals surface area contributed by atoms with Gasteiger partial charge in [0.2, 0.25) is 0 Å². The fourth-order valence-corrected chi connectivity index (χ4v) is 3.55. The largest absolute Gasteiger partial charge is 0.387 e. The predicted molar refractivity (Wildman–Crippen MR) is 103 cm³/mol. The number of aliphatic hydroxyl groups is 1. The number of H-pyrrole nitrogens is 1. The van der Waals surface area contributed by atoms with Gasteiger partial charge in [0.1, 0.15) is 0 Å². The summed E-state index contributed by atoms with van der Waals surface area (Å²) in [5.74, 6) is -0.126. The zero-order valence-corrected chi connectivity index (χ0v) is 14.2. The highest BCUT2D eigenvalue weighted by Crippen LogP contribution is 2.40. The number of aryl methyl sites for hydroxylation is 1. The van der Waals surface area contributed by atoms with Gasteiger partial charge in [-0.15, -0.1) is 0 Å². The lowest BCUT2D eigenvalue weighted by Crippen LogP contribution is -2.12. The monoisotopic (exact) mass is 327 g/mol. The van der Waals surface area contributed by atoms with Crippen molar-refractivity contribution >= 4 is 10.9 Å². The van der Waals surface area contributed by atoms with Crippen molar-refractivity contribution in [1.29, 1.82) is 0 Å². The molecule has 0 aliphatic heterocycles. The van der Waals surface area contributed by atoms with Gasteiger partial charge in [0.25, 0.3) is 0 Å². The maximum Gasteiger partial charge on any atom is 0.0899 e. The third kappa shape index (κ3) is 2.97. The molecule has 0 aliphatic rings. The van der Waals surface area contributed by atoms with Crippen LogP contribution in [0.5, 0.6) is 0 Å². The van der Waals surface area contributed by atoms with Crippen LogP contribution in [0, 0.1) is 6.92 Å². The van der Waals surface area contributed by atoms with Gasteiger partial charge in [0.05, 0.1) is 6.10 Å². The summed E-state index contributed by atoms with van der Waals surface area (Å²) >= 11 is 0. The molecule has 4 rings (SSSR count). The van der Waals surface area contributed by atoms with Crippen LogP contribution in [0.25, 0.3) is 10.9 Å². The first-order valence-electron chi connectivity index (χ1n) is 8.59. The Morgan fingerprint density at radius 1 is 0.800 bits per heavy atom. The van der Waals surface area contributed by atoms with Crippen LogP contribution in [0.15, 0.2) is 85.1 Å². The minimum absolute atomic E-state index is 0.126. The molecule has 124 valence electrons. The zero-order valence-electron chi connectivity index (χ0n) is 14.2. The highest BCUT2D eigenvalue weighted by molar-refractivity contribution is 5.85. The van der Waals surface area contributed by atoms with Gasteiger partial charge < -0.3 is 10.1 Å². The van der Waals surface area contributed by atoms with E-state index in [2.05, 4.69) is 42.2 Å². The molecule has 0 saturated heterocycles. The number of aliphatic hydroxyl groups excluding tert-OH is 1. The van der Waals surface area contributed by atoms with E-state index < -0.39 is 6.10 Å². The molecular formula is C23H21NO. The molecular weight excluding hydrogens is 306 g/mol. The molecule has 0 spiro atoms. The summed E-state index contributed by atoms with van der Waals surface area (Å²) in [6, 6.07) is 26.5. The van der Waals surface area contributed by atoms with Gasteiger partial charge in [-0.3, -0.25) is 0 Å². The predicted octanol–water partition coefficient (Wildman–Crippen LogP) is 5.34. The molecule has 25 heavy (non-hydrogen) atoms. The van der Waals surface area contributed by atoms with E-state index in [0.717, 1.165) is 22.2 Å². The van der Waals surface area contributed by atoms with Crippen LogP contribution in [-0.2, 0) is 0 Å². The van der Waals surface area contributed by atoms with Crippen LogP contribution in [-0.4, -0.2) is 10.1 Å². The van der Waals surface area contributed by atoms with Crippen molar-refractivity contribution in [3.8, 4) is 0 Å². The molecule has 3 aromatic carbocycles. The highest BCUT2D eigenvalue weighted by atomic mass is 16.3. The van der Waals surface area contributed by atoms with Crippen LogP contribution in [0.3, 0.4) is 0 Å². The Labute approximate surface area is 147 Å². The molecule has 0 unspecified atom stereocenters. The second-order valence-electron chi connectivity index (χ2n) is 6.54. The van der Waals surface area contributed by atoms with Crippen molar-refractivity contribution in [2.45, 2.75) is 18.9 Å². The third-order valence-electron chi connectivity index (χ3n) is 4.82. The summed E-state index contributed by atoms with van der Waals surface area (Å²) in [5.41, 5.74) is 5.48. The molecule has 2 N–H and O–H groups in total. The first-order valence-corrected chi connectivity index (χ1v) is 8.59. The Bertz CT molecular complexity index is 973.